The van der Waals surface area contributed by atoms with Gasteiger partial charge in [0.25, 0.3) is 0 Å². The molecule has 0 fully saturated rings. The van der Waals surface area contributed by atoms with Crippen molar-refractivity contribution in [3.05, 3.63) is 58.9 Å². The molecule has 0 radical (unpaired) electrons. The van der Waals surface area contributed by atoms with Crippen LogP contribution in [0.4, 0.5) is 17.6 Å². The van der Waals surface area contributed by atoms with Crippen LogP contribution in [0.1, 0.15) is 16.7 Å². The fourth-order valence-electron chi connectivity index (χ4n) is 2.00. The summed E-state index contributed by atoms with van der Waals surface area (Å²) in [6.07, 6.45) is -4.49. The quantitative estimate of drug-likeness (QED) is 0.815. The van der Waals surface area contributed by atoms with Crippen LogP contribution in [-0.4, -0.2) is 5.11 Å². The first-order valence-corrected chi connectivity index (χ1v) is 5.90. The SMILES string of the molecule is Cc1ccc(-c2ccc(C(F)(F)F)cc2CO)c(F)c1. The first-order valence-electron chi connectivity index (χ1n) is 5.90. The Morgan fingerprint density at radius 2 is 1.65 bits per heavy atom. The van der Waals surface area contributed by atoms with E-state index in [0.717, 1.165) is 12.1 Å². The average Bonchev–Trinajstić information content (AvgIpc) is 2.37. The van der Waals surface area contributed by atoms with Crippen molar-refractivity contribution in [1.82, 2.24) is 0 Å². The third-order valence-corrected chi connectivity index (χ3v) is 3.02. The Balaban J connectivity index is 2.57. The molecule has 1 nitrogen and oxygen atoms in total. The van der Waals surface area contributed by atoms with E-state index in [-0.39, 0.29) is 16.7 Å². The summed E-state index contributed by atoms with van der Waals surface area (Å²) in [5.41, 5.74) is 0.329. The van der Waals surface area contributed by atoms with Gasteiger partial charge in [0.05, 0.1) is 12.2 Å². The first kappa shape index (κ1) is 14.5. The second-order valence-corrected chi connectivity index (χ2v) is 4.51. The third kappa shape index (κ3) is 2.82. The number of hydrogen-bond acceptors (Lipinski definition) is 1. The van der Waals surface area contributed by atoms with Gasteiger partial charge >= 0.3 is 6.18 Å². The van der Waals surface area contributed by atoms with Crippen LogP contribution in [0, 0.1) is 12.7 Å². The molecule has 0 saturated carbocycles. The largest absolute Gasteiger partial charge is 0.416 e. The van der Waals surface area contributed by atoms with E-state index in [1.165, 1.54) is 18.2 Å². The van der Waals surface area contributed by atoms with Gasteiger partial charge in [0.2, 0.25) is 0 Å². The van der Waals surface area contributed by atoms with Crippen molar-refractivity contribution in [2.24, 2.45) is 0 Å². The number of aliphatic hydroxyl groups is 1. The van der Waals surface area contributed by atoms with E-state index in [2.05, 4.69) is 0 Å². The third-order valence-electron chi connectivity index (χ3n) is 3.02. The summed E-state index contributed by atoms with van der Waals surface area (Å²) in [6, 6.07) is 7.36. The maximum atomic E-state index is 13.9. The van der Waals surface area contributed by atoms with Crippen molar-refractivity contribution in [2.45, 2.75) is 19.7 Å². The van der Waals surface area contributed by atoms with Crippen molar-refractivity contribution in [3.63, 3.8) is 0 Å². The molecule has 2 aromatic carbocycles. The zero-order chi connectivity index (χ0) is 14.9. The van der Waals surface area contributed by atoms with Crippen molar-refractivity contribution in [1.29, 1.82) is 0 Å². The standard InChI is InChI=1S/C15H12F4O/c1-9-2-4-13(14(16)6-9)12-5-3-11(15(17,18)19)7-10(12)8-20/h2-7,20H,8H2,1H3. The number of benzene rings is 2. The monoisotopic (exact) mass is 284 g/mol. The number of aliphatic hydroxyl groups excluding tert-OH is 1. The molecule has 0 aliphatic rings. The van der Waals surface area contributed by atoms with Gasteiger partial charge in [-0.1, -0.05) is 18.2 Å². The molecule has 2 rings (SSSR count). The van der Waals surface area contributed by atoms with Crippen LogP contribution in [0.25, 0.3) is 11.1 Å². The molecule has 0 aliphatic heterocycles. The fourth-order valence-corrected chi connectivity index (χ4v) is 2.00. The average molecular weight is 284 g/mol. The van der Waals surface area contributed by atoms with E-state index in [1.807, 2.05) is 0 Å². The summed E-state index contributed by atoms with van der Waals surface area (Å²) in [5, 5.41) is 9.23. The summed E-state index contributed by atoms with van der Waals surface area (Å²) in [6.45, 7) is 1.12. The number of aryl methyl sites for hydroxylation is 1. The fraction of sp³-hybridized carbons (Fsp3) is 0.200. The predicted octanol–water partition coefficient (Wildman–Crippen LogP) is 4.31. The summed E-state index contributed by atoms with van der Waals surface area (Å²) >= 11 is 0. The highest BCUT2D eigenvalue weighted by molar-refractivity contribution is 5.68. The maximum Gasteiger partial charge on any atom is 0.416 e. The molecular formula is C15H12F4O. The van der Waals surface area contributed by atoms with Gasteiger partial charge in [-0.05, 0) is 41.8 Å². The number of alkyl halides is 3. The van der Waals surface area contributed by atoms with Crippen LogP contribution >= 0.6 is 0 Å². The van der Waals surface area contributed by atoms with Crippen LogP contribution in [0.5, 0.6) is 0 Å². The van der Waals surface area contributed by atoms with Gasteiger partial charge in [0, 0.05) is 5.56 Å². The highest BCUT2D eigenvalue weighted by atomic mass is 19.4. The van der Waals surface area contributed by atoms with Crippen LogP contribution in [0.2, 0.25) is 0 Å². The Bertz CT molecular complexity index is 632. The van der Waals surface area contributed by atoms with E-state index in [1.54, 1.807) is 13.0 Å². The van der Waals surface area contributed by atoms with E-state index in [0.29, 0.717) is 5.56 Å². The van der Waals surface area contributed by atoms with Crippen LogP contribution in [0.3, 0.4) is 0 Å². The van der Waals surface area contributed by atoms with Gasteiger partial charge in [-0.2, -0.15) is 13.2 Å². The van der Waals surface area contributed by atoms with Crippen molar-refractivity contribution in [3.8, 4) is 11.1 Å². The molecule has 1 N–H and O–H groups in total. The molecule has 0 unspecified atom stereocenters. The number of halogens is 4. The summed E-state index contributed by atoms with van der Waals surface area (Å²) in [5.74, 6) is -0.528. The maximum absolute atomic E-state index is 13.9. The van der Waals surface area contributed by atoms with Crippen molar-refractivity contribution < 1.29 is 22.7 Å². The topological polar surface area (TPSA) is 20.2 Å². The van der Waals surface area contributed by atoms with E-state index in [4.69, 9.17) is 0 Å². The van der Waals surface area contributed by atoms with Crippen LogP contribution in [-0.2, 0) is 12.8 Å². The molecule has 106 valence electrons. The predicted molar refractivity (Wildman–Crippen MR) is 67.5 cm³/mol. The summed E-state index contributed by atoms with van der Waals surface area (Å²) in [7, 11) is 0. The zero-order valence-electron chi connectivity index (χ0n) is 10.6. The Labute approximate surface area is 113 Å². The van der Waals surface area contributed by atoms with Crippen LogP contribution < -0.4 is 0 Å². The molecule has 5 heteroatoms. The Hall–Kier alpha value is -1.88. The van der Waals surface area contributed by atoms with E-state index < -0.39 is 24.2 Å². The molecule has 0 amide bonds. The highest BCUT2D eigenvalue weighted by Crippen LogP contribution is 2.34. The van der Waals surface area contributed by atoms with Gasteiger partial charge in [0.1, 0.15) is 5.82 Å². The zero-order valence-corrected chi connectivity index (χ0v) is 10.6. The molecule has 2 aromatic rings. The van der Waals surface area contributed by atoms with Crippen molar-refractivity contribution in [2.75, 3.05) is 0 Å². The van der Waals surface area contributed by atoms with Gasteiger partial charge in [-0.15, -0.1) is 0 Å². The van der Waals surface area contributed by atoms with E-state index in [9.17, 15) is 22.7 Å². The first-order chi connectivity index (χ1) is 9.32. The molecule has 0 saturated heterocycles. The lowest BCUT2D eigenvalue weighted by Crippen LogP contribution is -2.06. The number of hydrogen-bond donors (Lipinski definition) is 1. The van der Waals surface area contributed by atoms with Gasteiger partial charge < -0.3 is 5.11 Å². The molecule has 20 heavy (non-hydrogen) atoms. The lowest BCUT2D eigenvalue weighted by Gasteiger charge is -2.13. The second-order valence-electron chi connectivity index (χ2n) is 4.51. The molecule has 0 heterocycles. The minimum atomic E-state index is -4.49. The molecule has 0 aromatic heterocycles. The van der Waals surface area contributed by atoms with Crippen molar-refractivity contribution >= 4 is 0 Å². The highest BCUT2D eigenvalue weighted by Gasteiger charge is 2.31. The Morgan fingerprint density at radius 3 is 2.20 bits per heavy atom. The molecule has 0 atom stereocenters. The lowest BCUT2D eigenvalue weighted by molar-refractivity contribution is -0.137. The molecular weight excluding hydrogens is 272 g/mol. The molecule has 0 aliphatic carbocycles. The minimum absolute atomic E-state index is 0.0441. The smallest absolute Gasteiger partial charge is 0.392 e. The van der Waals surface area contributed by atoms with Gasteiger partial charge in [-0.3, -0.25) is 0 Å². The van der Waals surface area contributed by atoms with E-state index >= 15 is 0 Å². The molecule has 0 bridgehead atoms. The summed E-state index contributed by atoms with van der Waals surface area (Å²) in [4.78, 5) is 0. The normalized spacial score (nSPS) is 11.7. The second kappa shape index (κ2) is 5.25. The Morgan fingerprint density at radius 1 is 1.00 bits per heavy atom. The van der Waals surface area contributed by atoms with Gasteiger partial charge in [0.15, 0.2) is 0 Å². The minimum Gasteiger partial charge on any atom is -0.392 e. The van der Waals surface area contributed by atoms with Crippen LogP contribution in [0.15, 0.2) is 36.4 Å². The number of rotatable bonds is 2. The lowest BCUT2D eigenvalue weighted by atomic mass is 9.96. The summed E-state index contributed by atoms with van der Waals surface area (Å²) < 4.78 is 51.7. The Kier molecular flexibility index (Phi) is 3.81. The van der Waals surface area contributed by atoms with Gasteiger partial charge in [-0.25, -0.2) is 4.39 Å². The molecule has 0 spiro atoms.